The standard InChI is InChI=1S/C15H21NO3/c1-11-4-5-12(2)13(8-11)19-9-14(17)16-7-6-15(3,18)10-16/h4-5,8,18H,6-7,9-10H2,1-3H3. The average Bonchev–Trinajstić information content (AvgIpc) is 2.70. The second-order valence-corrected chi connectivity index (χ2v) is 5.62. The van der Waals surface area contributed by atoms with Crippen molar-refractivity contribution in [2.45, 2.75) is 32.8 Å². The Hall–Kier alpha value is -1.55. The second kappa shape index (κ2) is 5.21. The summed E-state index contributed by atoms with van der Waals surface area (Å²) in [5.41, 5.74) is 1.37. The number of likely N-dealkylation sites (tertiary alicyclic amines) is 1. The predicted octanol–water partition coefficient (Wildman–Crippen LogP) is 1.67. The fraction of sp³-hybridized carbons (Fsp3) is 0.533. The van der Waals surface area contributed by atoms with Gasteiger partial charge in [0.15, 0.2) is 6.61 Å². The number of ether oxygens (including phenoxy) is 1. The maximum Gasteiger partial charge on any atom is 0.260 e. The van der Waals surface area contributed by atoms with Crippen molar-refractivity contribution in [2.75, 3.05) is 19.7 Å². The van der Waals surface area contributed by atoms with E-state index in [-0.39, 0.29) is 12.5 Å². The summed E-state index contributed by atoms with van der Waals surface area (Å²) >= 11 is 0. The number of nitrogens with zero attached hydrogens (tertiary/aromatic N) is 1. The van der Waals surface area contributed by atoms with Crippen molar-refractivity contribution in [3.8, 4) is 5.75 Å². The van der Waals surface area contributed by atoms with E-state index in [0.29, 0.717) is 19.5 Å². The molecule has 1 aromatic carbocycles. The van der Waals surface area contributed by atoms with E-state index in [1.807, 2.05) is 32.0 Å². The van der Waals surface area contributed by atoms with Crippen LogP contribution in [0.25, 0.3) is 0 Å². The lowest BCUT2D eigenvalue weighted by Crippen LogP contribution is -2.36. The maximum absolute atomic E-state index is 12.0. The molecule has 0 bridgehead atoms. The second-order valence-electron chi connectivity index (χ2n) is 5.62. The fourth-order valence-corrected chi connectivity index (χ4v) is 2.25. The minimum Gasteiger partial charge on any atom is -0.483 e. The van der Waals surface area contributed by atoms with Gasteiger partial charge < -0.3 is 14.7 Å². The molecular weight excluding hydrogens is 242 g/mol. The molecule has 1 heterocycles. The molecule has 104 valence electrons. The Morgan fingerprint density at radius 2 is 2.21 bits per heavy atom. The third kappa shape index (κ3) is 3.47. The minimum absolute atomic E-state index is 0.0281. The highest BCUT2D eigenvalue weighted by molar-refractivity contribution is 5.78. The van der Waals surface area contributed by atoms with Crippen LogP contribution in [0.15, 0.2) is 18.2 Å². The number of rotatable bonds is 3. The summed E-state index contributed by atoms with van der Waals surface area (Å²) in [5.74, 6) is 0.679. The largest absolute Gasteiger partial charge is 0.483 e. The molecule has 4 nitrogen and oxygen atoms in total. The Balaban J connectivity index is 1.92. The molecule has 1 atom stereocenters. The highest BCUT2D eigenvalue weighted by atomic mass is 16.5. The first kappa shape index (κ1) is 13.9. The van der Waals surface area contributed by atoms with Crippen molar-refractivity contribution < 1.29 is 14.6 Å². The molecule has 1 amide bonds. The molecule has 0 spiro atoms. The van der Waals surface area contributed by atoms with E-state index in [2.05, 4.69) is 0 Å². The predicted molar refractivity (Wildman–Crippen MR) is 73.2 cm³/mol. The van der Waals surface area contributed by atoms with Crippen molar-refractivity contribution in [2.24, 2.45) is 0 Å². The van der Waals surface area contributed by atoms with Crippen LogP contribution in [0.1, 0.15) is 24.5 Å². The minimum atomic E-state index is -0.755. The van der Waals surface area contributed by atoms with Crippen molar-refractivity contribution in [3.63, 3.8) is 0 Å². The van der Waals surface area contributed by atoms with Crippen LogP contribution in [-0.4, -0.2) is 41.2 Å². The van der Waals surface area contributed by atoms with Crippen molar-refractivity contribution in [1.82, 2.24) is 4.90 Å². The van der Waals surface area contributed by atoms with E-state index in [1.165, 1.54) is 0 Å². The lowest BCUT2D eigenvalue weighted by molar-refractivity contribution is -0.133. The molecule has 1 N–H and O–H groups in total. The Bertz CT molecular complexity index is 482. The molecule has 0 aromatic heterocycles. The molecule has 1 fully saturated rings. The van der Waals surface area contributed by atoms with E-state index in [0.717, 1.165) is 16.9 Å². The maximum atomic E-state index is 12.0. The smallest absolute Gasteiger partial charge is 0.260 e. The van der Waals surface area contributed by atoms with Crippen LogP contribution in [0.4, 0.5) is 0 Å². The highest BCUT2D eigenvalue weighted by Crippen LogP contribution is 2.22. The Morgan fingerprint density at radius 1 is 1.47 bits per heavy atom. The number of aliphatic hydroxyl groups is 1. The third-order valence-corrected chi connectivity index (χ3v) is 3.50. The quantitative estimate of drug-likeness (QED) is 0.902. The molecule has 0 saturated carbocycles. The van der Waals surface area contributed by atoms with Gasteiger partial charge in [0.25, 0.3) is 5.91 Å². The number of benzene rings is 1. The van der Waals surface area contributed by atoms with E-state index in [4.69, 9.17) is 4.74 Å². The molecule has 1 saturated heterocycles. The topological polar surface area (TPSA) is 49.8 Å². The van der Waals surface area contributed by atoms with Crippen LogP contribution in [0.3, 0.4) is 0 Å². The Labute approximate surface area is 114 Å². The van der Waals surface area contributed by atoms with E-state index in [9.17, 15) is 9.90 Å². The number of aryl methyl sites for hydroxylation is 2. The van der Waals surface area contributed by atoms with Crippen LogP contribution in [0.5, 0.6) is 5.75 Å². The molecule has 19 heavy (non-hydrogen) atoms. The summed E-state index contributed by atoms with van der Waals surface area (Å²) in [6.07, 6.45) is 0.627. The molecule has 1 aliphatic heterocycles. The number of amides is 1. The van der Waals surface area contributed by atoms with Crippen molar-refractivity contribution in [1.29, 1.82) is 0 Å². The highest BCUT2D eigenvalue weighted by Gasteiger charge is 2.33. The van der Waals surface area contributed by atoms with Gasteiger partial charge >= 0.3 is 0 Å². The first-order chi connectivity index (χ1) is 8.87. The normalized spacial score (nSPS) is 22.6. The molecule has 1 aromatic rings. The van der Waals surface area contributed by atoms with E-state index in [1.54, 1.807) is 11.8 Å². The number of hydrogen-bond acceptors (Lipinski definition) is 3. The fourth-order valence-electron chi connectivity index (χ4n) is 2.25. The van der Waals surface area contributed by atoms with Gasteiger partial charge in [-0.15, -0.1) is 0 Å². The van der Waals surface area contributed by atoms with Gasteiger partial charge in [-0.2, -0.15) is 0 Å². The first-order valence-electron chi connectivity index (χ1n) is 6.58. The molecular formula is C15H21NO3. The van der Waals surface area contributed by atoms with Gasteiger partial charge in [-0.25, -0.2) is 0 Å². The Kier molecular flexibility index (Phi) is 3.80. The summed E-state index contributed by atoms with van der Waals surface area (Å²) in [5, 5.41) is 9.84. The lowest BCUT2D eigenvalue weighted by Gasteiger charge is -2.19. The van der Waals surface area contributed by atoms with E-state index < -0.39 is 5.60 Å². The summed E-state index contributed by atoms with van der Waals surface area (Å²) in [6, 6.07) is 5.93. The number of β-amino-alcohol motifs (C(OH)–C–C–N with tert-alkyl or cyclic N) is 1. The molecule has 0 radical (unpaired) electrons. The number of carbonyl (C=O) groups is 1. The Morgan fingerprint density at radius 3 is 2.84 bits per heavy atom. The monoisotopic (exact) mass is 263 g/mol. The van der Waals surface area contributed by atoms with Crippen LogP contribution >= 0.6 is 0 Å². The van der Waals surface area contributed by atoms with Gasteiger partial charge in [0.05, 0.1) is 5.60 Å². The van der Waals surface area contributed by atoms with Crippen molar-refractivity contribution >= 4 is 5.91 Å². The molecule has 0 aliphatic carbocycles. The van der Waals surface area contributed by atoms with Gasteiger partial charge in [-0.05, 0) is 44.4 Å². The van der Waals surface area contributed by atoms with E-state index >= 15 is 0 Å². The van der Waals surface area contributed by atoms with Gasteiger partial charge in [0.1, 0.15) is 5.75 Å². The van der Waals surface area contributed by atoms with Crippen LogP contribution in [0.2, 0.25) is 0 Å². The first-order valence-corrected chi connectivity index (χ1v) is 6.58. The summed E-state index contributed by atoms with van der Waals surface area (Å²) in [4.78, 5) is 13.7. The van der Waals surface area contributed by atoms with Crippen molar-refractivity contribution in [3.05, 3.63) is 29.3 Å². The average molecular weight is 263 g/mol. The van der Waals surface area contributed by atoms with Gasteiger partial charge in [0, 0.05) is 13.1 Å². The summed E-state index contributed by atoms with van der Waals surface area (Å²) < 4.78 is 5.59. The molecule has 2 rings (SSSR count). The number of hydrogen-bond donors (Lipinski definition) is 1. The number of carbonyl (C=O) groups excluding carboxylic acids is 1. The van der Waals surface area contributed by atoms with Crippen LogP contribution in [0, 0.1) is 13.8 Å². The summed E-state index contributed by atoms with van der Waals surface area (Å²) in [7, 11) is 0. The zero-order valence-corrected chi connectivity index (χ0v) is 11.8. The molecule has 1 unspecified atom stereocenters. The lowest BCUT2D eigenvalue weighted by atomic mass is 10.1. The third-order valence-electron chi connectivity index (χ3n) is 3.50. The van der Waals surface area contributed by atoms with Gasteiger partial charge in [0.2, 0.25) is 0 Å². The molecule has 1 aliphatic rings. The van der Waals surface area contributed by atoms with Gasteiger partial charge in [-0.3, -0.25) is 4.79 Å². The van der Waals surface area contributed by atoms with Gasteiger partial charge in [-0.1, -0.05) is 12.1 Å². The van der Waals surface area contributed by atoms with Crippen LogP contribution in [-0.2, 0) is 4.79 Å². The SMILES string of the molecule is Cc1ccc(C)c(OCC(=O)N2CCC(C)(O)C2)c1. The van der Waals surface area contributed by atoms with Crippen LogP contribution < -0.4 is 4.74 Å². The zero-order chi connectivity index (χ0) is 14.0. The zero-order valence-electron chi connectivity index (χ0n) is 11.8. The summed E-state index contributed by atoms with van der Waals surface area (Å²) in [6.45, 7) is 6.72. The molecule has 4 heteroatoms.